The first-order valence-corrected chi connectivity index (χ1v) is 4.53. The fraction of sp³-hybridized carbons (Fsp3) is 0.300. The van der Waals surface area contributed by atoms with Crippen molar-refractivity contribution in [2.45, 2.75) is 13.8 Å². The molecule has 4 heteroatoms. The van der Waals surface area contributed by atoms with Crippen LogP contribution >= 0.6 is 0 Å². The molecule has 1 rings (SSSR count). The second-order valence-electron chi connectivity index (χ2n) is 3.00. The van der Waals surface area contributed by atoms with E-state index in [0.29, 0.717) is 12.2 Å². The molecule has 0 aliphatic rings. The van der Waals surface area contributed by atoms with E-state index in [1.165, 1.54) is 6.92 Å². The first-order chi connectivity index (χ1) is 6.63. The van der Waals surface area contributed by atoms with E-state index in [2.05, 4.69) is 5.43 Å². The van der Waals surface area contributed by atoms with Crippen LogP contribution in [0.15, 0.2) is 24.3 Å². The number of nitrogens with two attached hydrogens (primary N) is 1. The van der Waals surface area contributed by atoms with Crippen LogP contribution in [0, 0.1) is 0 Å². The molecule has 0 saturated carbocycles. The maximum absolute atomic E-state index is 10.9. The molecule has 0 bridgehead atoms. The van der Waals surface area contributed by atoms with Crippen molar-refractivity contribution in [1.29, 1.82) is 0 Å². The van der Waals surface area contributed by atoms with Gasteiger partial charge in [-0.15, -0.1) is 0 Å². The summed E-state index contributed by atoms with van der Waals surface area (Å²) >= 11 is 0. The molecule has 0 fully saturated rings. The lowest BCUT2D eigenvalue weighted by molar-refractivity contribution is -0.119. The highest BCUT2D eigenvalue weighted by atomic mass is 16.2. The Hall–Kier alpha value is -1.71. The predicted octanol–water partition coefficient (Wildman–Crippen LogP) is 1.15. The molecule has 1 aromatic rings. The van der Waals surface area contributed by atoms with Crippen LogP contribution in [0.4, 0.5) is 11.4 Å². The first-order valence-electron chi connectivity index (χ1n) is 4.53. The minimum Gasteiger partial charge on any atom is -0.399 e. The van der Waals surface area contributed by atoms with E-state index >= 15 is 0 Å². The molecule has 0 radical (unpaired) electrons. The minimum atomic E-state index is -0.0799. The van der Waals surface area contributed by atoms with Crippen molar-refractivity contribution < 1.29 is 4.79 Å². The molecule has 14 heavy (non-hydrogen) atoms. The maximum Gasteiger partial charge on any atom is 0.235 e. The van der Waals surface area contributed by atoms with Crippen molar-refractivity contribution >= 4 is 17.3 Å². The molecule has 3 N–H and O–H groups in total. The van der Waals surface area contributed by atoms with Gasteiger partial charge in [-0.3, -0.25) is 15.2 Å². The Bertz CT molecular complexity index is 308. The summed E-state index contributed by atoms with van der Waals surface area (Å²) in [5, 5.41) is 1.77. The zero-order valence-electron chi connectivity index (χ0n) is 8.45. The van der Waals surface area contributed by atoms with E-state index in [0.717, 1.165) is 5.69 Å². The van der Waals surface area contributed by atoms with Gasteiger partial charge in [0.15, 0.2) is 0 Å². The smallest absolute Gasteiger partial charge is 0.235 e. The first kappa shape index (κ1) is 10.4. The van der Waals surface area contributed by atoms with Gasteiger partial charge >= 0.3 is 0 Å². The number of benzene rings is 1. The summed E-state index contributed by atoms with van der Waals surface area (Å²) in [6.07, 6.45) is 0. The average molecular weight is 193 g/mol. The lowest BCUT2D eigenvalue weighted by Gasteiger charge is -2.22. The van der Waals surface area contributed by atoms with Crippen molar-refractivity contribution in [2.75, 3.05) is 17.3 Å². The third-order valence-corrected chi connectivity index (χ3v) is 1.81. The molecule has 0 unspecified atom stereocenters. The topological polar surface area (TPSA) is 58.4 Å². The zero-order valence-corrected chi connectivity index (χ0v) is 8.45. The number of nitrogens with zero attached hydrogens (tertiary/aromatic N) is 1. The molecular formula is C10H15N3O. The second-order valence-corrected chi connectivity index (χ2v) is 3.00. The maximum atomic E-state index is 10.9. The highest BCUT2D eigenvalue weighted by molar-refractivity contribution is 5.75. The molecule has 0 spiro atoms. The Morgan fingerprint density at radius 2 is 2.00 bits per heavy atom. The monoisotopic (exact) mass is 193 g/mol. The second kappa shape index (κ2) is 4.50. The number of nitrogen functional groups attached to an aromatic ring is 1. The highest BCUT2D eigenvalue weighted by Crippen LogP contribution is 2.13. The molecule has 0 aliphatic carbocycles. The standard InChI is InChI=1S/C10H15N3O/c1-3-13(12-8(2)14)10-6-4-9(11)5-7-10/h4-7H,3,11H2,1-2H3,(H,12,14). The van der Waals surface area contributed by atoms with E-state index in [-0.39, 0.29) is 5.91 Å². The molecule has 0 aliphatic heterocycles. The van der Waals surface area contributed by atoms with Gasteiger partial charge in [0.05, 0.1) is 5.69 Å². The SMILES string of the molecule is CCN(NC(C)=O)c1ccc(N)cc1. The summed E-state index contributed by atoms with van der Waals surface area (Å²) in [6, 6.07) is 7.35. The number of carbonyl (C=O) groups is 1. The van der Waals surface area contributed by atoms with Crippen LogP contribution in [0.25, 0.3) is 0 Å². The molecule has 1 amide bonds. The Morgan fingerprint density at radius 3 is 2.43 bits per heavy atom. The Kier molecular flexibility index (Phi) is 3.34. The van der Waals surface area contributed by atoms with Crippen molar-refractivity contribution in [3.8, 4) is 0 Å². The summed E-state index contributed by atoms with van der Waals surface area (Å²) in [7, 11) is 0. The Morgan fingerprint density at radius 1 is 1.43 bits per heavy atom. The number of anilines is 2. The fourth-order valence-corrected chi connectivity index (χ4v) is 1.17. The van der Waals surface area contributed by atoms with Gasteiger partial charge in [0.1, 0.15) is 0 Å². The molecule has 4 nitrogen and oxygen atoms in total. The number of hydrogen-bond donors (Lipinski definition) is 2. The summed E-state index contributed by atoms with van der Waals surface area (Å²) < 4.78 is 0. The van der Waals surface area contributed by atoms with Crippen molar-refractivity contribution in [3.63, 3.8) is 0 Å². The van der Waals surface area contributed by atoms with Crippen LogP contribution in [-0.4, -0.2) is 12.5 Å². The van der Waals surface area contributed by atoms with Crippen LogP contribution in [-0.2, 0) is 4.79 Å². The van der Waals surface area contributed by atoms with E-state index in [4.69, 9.17) is 5.73 Å². The molecule has 0 aromatic heterocycles. The molecular weight excluding hydrogens is 178 g/mol. The minimum absolute atomic E-state index is 0.0799. The van der Waals surface area contributed by atoms with Crippen LogP contribution in [0.3, 0.4) is 0 Å². The predicted molar refractivity (Wildman–Crippen MR) is 57.7 cm³/mol. The molecule has 0 atom stereocenters. The van der Waals surface area contributed by atoms with Crippen molar-refractivity contribution in [1.82, 2.24) is 5.43 Å². The number of hydrogen-bond acceptors (Lipinski definition) is 3. The number of hydrazine groups is 1. The normalized spacial score (nSPS) is 9.57. The summed E-state index contributed by atoms with van der Waals surface area (Å²) in [4.78, 5) is 10.9. The van der Waals surface area contributed by atoms with Crippen molar-refractivity contribution in [2.24, 2.45) is 0 Å². The summed E-state index contributed by atoms with van der Waals surface area (Å²) in [6.45, 7) is 4.16. The van der Waals surface area contributed by atoms with Crippen molar-refractivity contribution in [3.05, 3.63) is 24.3 Å². The third kappa shape index (κ3) is 2.65. The van der Waals surface area contributed by atoms with E-state index in [1.54, 1.807) is 17.1 Å². The van der Waals surface area contributed by atoms with Gasteiger partial charge in [0, 0.05) is 19.2 Å². The van der Waals surface area contributed by atoms with Crippen LogP contribution in [0.1, 0.15) is 13.8 Å². The third-order valence-electron chi connectivity index (χ3n) is 1.81. The van der Waals surface area contributed by atoms with E-state index in [9.17, 15) is 4.79 Å². The largest absolute Gasteiger partial charge is 0.399 e. The van der Waals surface area contributed by atoms with Gasteiger partial charge in [-0.05, 0) is 31.2 Å². The Labute approximate surface area is 83.7 Å². The van der Waals surface area contributed by atoms with Gasteiger partial charge < -0.3 is 5.73 Å². The number of carbonyl (C=O) groups excluding carboxylic acids is 1. The van der Waals surface area contributed by atoms with Crippen LogP contribution in [0.2, 0.25) is 0 Å². The summed E-state index contributed by atoms with van der Waals surface area (Å²) in [5.74, 6) is -0.0799. The van der Waals surface area contributed by atoms with E-state index < -0.39 is 0 Å². The van der Waals surface area contributed by atoms with Crippen LogP contribution in [0.5, 0.6) is 0 Å². The molecule has 1 aromatic carbocycles. The lowest BCUT2D eigenvalue weighted by Crippen LogP contribution is -2.40. The fourth-order valence-electron chi connectivity index (χ4n) is 1.17. The van der Waals surface area contributed by atoms with Gasteiger partial charge in [-0.1, -0.05) is 0 Å². The van der Waals surface area contributed by atoms with Gasteiger partial charge in [0.2, 0.25) is 5.91 Å². The zero-order chi connectivity index (χ0) is 10.6. The Balaban J connectivity index is 2.78. The van der Waals surface area contributed by atoms with Crippen LogP contribution < -0.4 is 16.2 Å². The van der Waals surface area contributed by atoms with Gasteiger partial charge in [-0.2, -0.15) is 0 Å². The summed E-state index contributed by atoms with van der Waals surface area (Å²) in [5.41, 5.74) is 9.93. The number of amides is 1. The van der Waals surface area contributed by atoms with Gasteiger partial charge in [-0.25, -0.2) is 0 Å². The van der Waals surface area contributed by atoms with E-state index in [1.807, 2.05) is 19.1 Å². The average Bonchev–Trinajstić information content (AvgIpc) is 2.15. The lowest BCUT2D eigenvalue weighted by atomic mass is 10.3. The van der Waals surface area contributed by atoms with Gasteiger partial charge in [0.25, 0.3) is 0 Å². The quantitative estimate of drug-likeness (QED) is 0.559. The molecule has 0 saturated heterocycles. The molecule has 76 valence electrons. The number of nitrogens with one attached hydrogen (secondary N) is 1. The molecule has 0 heterocycles. The number of rotatable bonds is 3. The highest BCUT2D eigenvalue weighted by Gasteiger charge is 2.03.